The Morgan fingerprint density at radius 2 is 2.24 bits per heavy atom. The monoisotopic (exact) mass is 252 g/mol. The number of halogens is 1. The molecule has 0 spiro atoms. The summed E-state index contributed by atoms with van der Waals surface area (Å²) in [5.74, 6) is 0. The molecular formula is C11H13ClN4O. The summed E-state index contributed by atoms with van der Waals surface area (Å²) >= 11 is 5.97. The van der Waals surface area contributed by atoms with Crippen LogP contribution in [0.1, 0.15) is 32.4 Å². The first-order valence-corrected chi connectivity index (χ1v) is 6.12. The molecule has 3 rings (SSSR count). The molecule has 2 unspecified atom stereocenters. The molecule has 0 bridgehead atoms. The lowest BCUT2D eigenvalue weighted by atomic mass is 10.1. The Balaban J connectivity index is 2.02. The smallest absolute Gasteiger partial charge is 0.166 e. The summed E-state index contributed by atoms with van der Waals surface area (Å²) in [6.45, 7) is 2.09. The average molecular weight is 253 g/mol. The molecule has 6 heteroatoms. The van der Waals surface area contributed by atoms with E-state index in [1.54, 1.807) is 6.33 Å². The topological polar surface area (TPSA) is 52.8 Å². The van der Waals surface area contributed by atoms with Gasteiger partial charge in [-0.05, 0) is 26.2 Å². The highest BCUT2D eigenvalue weighted by Crippen LogP contribution is 2.29. The van der Waals surface area contributed by atoms with E-state index in [0.717, 1.165) is 24.9 Å². The van der Waals surface area contributed by atoms with Gasteiger partial charge in [0.2, 0.25) is 0 Å². The van der Waals surface area contributed by atoms with Gasteiger partial charge in [0, 0.05) is 0 Å². The number of ether oxygens (including phenoxy) is 1. The van der Waals surface area contributed by atoms with Gasteiger partial charge in [-0.1, -0.05) is 11.6 Å². The van der Waals surface area contributed by atoms with Crippen LogP contribution in [0.5, 0.6) is 0 Å². The van der Waals surface area contributed by atoms with Crippen molar-refractivity contribution in [3.8, 4) is 0 Å². The predicted molar refractivity (Wildman–Crippen MR) is 63.8 cm³/mol. The first kappa shape index (κ1) is 10.9. The van der Waals surface area contributed by atoms with Gasteiger partial charge >= 0.3 is 0 Å². The van der Waals surface area contributed by atoms with Gasteiger partial charge in [-0.2, -0.15) is 0 Å². The summed E-state index contributed by atoms with van der Waals surface area (Å²) in [6, 6.07) is 0. The van der Waals surface area contributed by atoms with Crippen molar-refractivity contribution in [3.63, 3.8) is 0 Å². The van der Waals surface area contributed by atoms with Crippen LogP contribution in [-0.2, 0) is 4.74 Å². The van der Waals surface area contributed by atoms with E-state index in [-0.39, 0.29) is 12.3 Å². The number of hydrogen-bond donors (Lipinski definition) is 0. The third kappa shape index (κ3) is 1.89. The third-order valence-electron chi connectivity index (χ3n) is 3.08. The standard InChI is InChI=1S/C11H13ClN4O/c1-7-3-2-4-8(17-7)16-6-15-9-10(12)13-5-14-11(9)16/h5-8H,2-4H2,1H3. The summed E-state index contributed by atoms with van der Waals surface area (Å²) in [5, 5.41) is 0.387. The van der Waals surface area contributed by atoms with Gasteiger partial charge < -0.3 is 4.74 Å². The molecule has 1 fully saturated rings. The van der Waals surface area contributed by atoms with Gasteiger partial charge in [-0.15, -0.1) is 0 Å². The molecule has 5 nitrogen and oxygen atoms in total. The molecule has 0 amide bonds. The second-order valence-corrected chi connectivity index (χ2v) is 4.68. The van der Waals surface area contributed by atoms with Crippen molar-refractivity contribution in [3.05, 3.63) is 17.8 Å². The minimum absolute atomic E-state index is 0.00900. The first-order chi connectivity index (χ1) is 8.25. The molecule has 3 heterocycles. The molecule has 1 saturated heterocycles. The molecule has 0 N–H and O–H groups in total. The van der Waals surface area contributed by atoms with Gasteiger partial charge in [0.25, 0.3) is 0 Å². The van der Waals surface area contributed by atoms with Crippen molar-refractivity contribution >= 4 is 22.8 Å². The summed E-state index contributed by atoms with van der Waals surface area (Å²) in [4.78, 5) is 12.4. The predicted octanol–water partition coefficient (Wildman–Crippen LogP) is 2.57. The molecule has 2 aromatic rings. The molecule has 0 aromatic carbocycles. The summed E-state index contributed by atoms with van der Waals surface area (Å²) in [6.07, 6.45) is 6.72. The quantitative estimate of drug-likeness (QED) is 0.732. The van der Waals surface area contributed by atoms with Crippen LogP contribution in [0.4, 0.5) is 0 Å². The molecule has 90 valence electrons. The Bertz CT molecular complexity index is 541. The van der Waals surface area contributed by atoms with E-state index >= 15 is 0 Å². The van der Waals surface area contributed by atoms with Gasteiger partial charge in [0.15, 0.2) is 10.8 Å². The zero-order valence-electron chi connectivity index (χ0n) is 9.51. The van der Waals surface area contributed by atoms with Crippen molar-refractivity contribution in [2.45, 2.75) is 38.5 Å². The van der Waals surface area contributed by atoms with E-state index in [4.69, 9.17) is 16.3 Å². The van der Waals surface area contributed by atoms with E-state index < -0.39 is 0 Å². The van der Waals surface area contributed by atoms with Crippen molar-refractivity contribution in [1.82, 2.24) is 19.5 Å². The van der Waals surface area contributed by atoms with Crippen LogP contribution in [0.2, 0.25) is 5.15 Å². The lowest BCUT2D eigenvalue weighted by Crippen LogP contribution is -2.23. The van der Waals surface area contributed by atoms with Crippen LogP contribution in [-0.4, -0.2) is 25.6 Å². The van der Waals surface area contributed by atoms with Crippen LogP contribution in [0.15, 0.2) is 12.7 Å². The highest BCUT2D eigenvalue weighted by molar-refractivity contribution is 6.33. The van der Waals surface area contributed by atoms with Crippen LogP contribution >= 0.6 is 11.6 Å². The fraction of sp³-hybridized carbons (Fsp3) is 0.545. The van der Waals surface area contributed by atoms with E-state index in [1.165, 1.54) is 6.33 Å². The Hall–Kier alpha value is -1.20. The van der Waals surface area contributed by atoms with E-state index in [9.17, 15) is 0 Å². The Morgan fingerprint density at radius 3 is 3.06 bits per heavy atom. The number of imidazole rings is 1. The van der Waals surface area contributed by atoms with E-state index in [0.29, 0.717) is 10.7 Å². The third-order valence-corrected chi connectivity index (χ3v) is 3.35. The van der Waals surface area contributed by atoms with Gasteiger partial charge in [0.05, 0.1) is 12.4 Å². The molecule has 0 aliphatic carbocycles. The first-order valence-electron chi connectivity index (χ1n) is 5.74. The van der Waals surface area contributed by atoms with E-state index in [1.807, 2.05) is 4.57 Å². The van der Waals surface area contributed by atoms with Crippen LogP contribution in [0.25, 0.3) is 11.2 Å². The minimum atomic E-state index is 0.00900. The summed E-state index contributed by atoms with van der Waals surface area (Å²) in [7, 11) is 0. The SMILES string of the molecule is CC1CCCC(n2cnc3c(Cl)ncnc32)O1. The zero-order valence-corrected chi connectivity index (χ0v) is 10.3. The zero-order chi connectivity index (χ0) is 11.8. The lowest BCUT2D eigenvalue weighted by Gasteiger charge is -2.28. The second-order valence-electron chi connectivity index (χ2n) is 4.32. The number of aromatic nitrogens is 4. The highest BCUT2D eigenvalue weighted by Gasteiger charge is 2.23. The molecule has 1 aliphatic rings. The molecule has 2 aromatic heterocycles. The second kappa shape index (κ2) is 4.23. The maximum Gasteiger partial charge on any atom is 0.166 e. The van der Waals surface area contributed by atoms with Gasteiger partial charge in [0.1, 0.15) is 18.1 Å². The maximum absolute atomic E-state index is 5.97. The van der Waals surface area contributed by atoms with Crippen molar-refractivity contribution in [1.29, 1.82) is 0 Å². The maximum atomic E-state index is 5.97. The minimum Gasteiger partial charge on any atom is -0.355 e. The average Bonchev–Trinajstić information content (AvgIpc) is 2.74. The normalized spacial score (nSPS) is 25.3. The summed E-state index contributed by atoms with van der Waals surface area (Å²) in [5.41, 5.74) is 1.38. The Morgan fingerprint density at radius 1 is 1.35 bits per heavy atom. The van der Waals surface area contributed by atoms with Crippen molar-refractivity contribution in [2.24, 2.45) is 0 Å². The molecule has 17 heavy (non-hydrogen) atoms. The number of rotatable bonds is 1. The highest BCUT2D eigenvalue weighted by atomic mass is 35.5. The van der Waals surface area contributed by atoms with Crippen molar-refractivity contribution < 1.29 is 4.74 Å². The largest absolute Gasteiger partial charge is 0.355 e. The van der Waals surface area contributed by atoms with Gasteiger partial charge in [-0.25, -0.2) is 15.0 Å². The van der Waals surface area contributed by atoms with Crippen LogP contribution in [0, 0.1) is 0 Å². The molecule has 0 radical (unpaired) electrons. The number of nitrogens with zero attached hydrogens (tertiary/aromatic N) is 4. The van der Waals surface area contributed by atoms with Crippen molar-refractivity contribution in [2.75, 3.05) is 0 Å². The fourth-order valence-corrected chi connectivity index (χ4v) is 2.40. The lowest BCUT2D eigenvalue weighted by molar-refractivity contribution is -0.0788. The Labute approximate surface area is 104 Å². The molecule has 0 saturated carbocycles. The van der Waals surface area contributed by atoms with Gasteiger partial charge in [-0.3, -0.25) is 4.57 Å². The summed E-state index contributed by atoms with van der Waals surface area (Å²) < 4.78 is 7.84. The van der Waals surface area contributed by atoms with E-state index in [2.05, 4.69) is 21.9 Å². The number of hydrogen-bond acceptors (Lipinski definition) is 4. The molecular weight excluding hydrogens is 240 g/mol. The molecule has 2 atom stereocenters. The van der Waals surface area contributed by atoms with Crippen LogP contribution in [0.3, 0.4) is 0 Å². The molecule has 1 aliphatic heterocycles. The Kier molecular flexibility index (Phi) is 2.72. The number of fused-ring (bicyclic) bond motifs is 1. The fourth-order valence-electron chi connectivity index (χ4n) is 2.22. The van der Waals surface area contributed by atoms with Crippen LogP contribution < -0.4 is 0 Å².